The van der Waals surface area contributed by atoms with Crippen LogP contribution in [0.5, 0.6) is 0 Å². The first-order valence-corrected chi connectivity index (χ1v) is 3.61. The van der Waals surface area contributed by atoms with Gasteiger partial charge < -0.3 is 4.90 Å². The van der Waals surface area contributed by atoms with Crippen molar-refractivity contribution in [3.8, 4) is 0 Å². The molecule has 0 aromatic carbocycles. The van der Waals surface area contributed by atoms with Gasteiger partial charge in [0.2, 0.25) is 5.91 Å². The molecule has 0 radical (unpaired) electrons. The van der Waals surface area contributed by atoms with Gasteiger partial charge in [-0.1, -0.05) is 0 Å². The van der Waals surface area contributed by atoms with Gasteiger partial charge in [-0.25, -0.2) is 4.79 Å². The number of imide groups is 1. The van der Waals surface area contributed by atoms with Crippen LogP contribution in [0.3, 0.4) is 0 Å². The van der Waals surface area contributed by atoms with Crippen LogP contribution in [0.1, 0.15) is 13.8 Å². The van der Waals surface area contributed by atoms with Crippen molar-refractivity contribution >= 4 is 11.9 Å². The van der Waals surface area contributed by atoms with Crippen LogP contribution in [0, 0.1) is 0 Å². The van der Waals surface area contributed by atoms with E-state index < -0.39 is 0 Å². The zero-order valence-electron chi connectivity index (χ0n) is 7.00. The molecule has 62 valence electrons. The van der Waals surface area contributed by atoms with Crippen LogP contribution in [-0.4, -0.2) is 41.4 Å². The normalized spacial score (nSPS) is 18.9. The van der Waals surface area contributed by atoms with Crippen molar-refractivity contribution in [2.45, 2.75) is 19.9 Å². The van der Waals surface area contributed by atoms with Gasteiger partial charge in [-0.3, -0.25) is 9.69 Å². The Hall–Kier alpha value is -1.06. The number of rotatable bonds is 1. The van der Waals surface area contributed by atoms with Gasteiger partial charge in [0, 0.05) is 13.1 Å². The Morgan fingerprint density at radius 2 is 1.91 bits per heavy atom. The maximum Gasteiger partial charge on any atom is 0.327 e. The highest BCUT2D eigenvalue weighted by atomic mass is 16.2. The predicted octanol–water partition coefficient (Wildman–Crippen LogP) is 0.289. The van der Waals surface area contributed by atoms with E-state index in [0.717, 1.165) is 4.90 Å². The number of hydrogen-bond donors (Lipinski definition) is 0. The van der Waals surface area contributed by atoms with Crippen LogP contribution in [0.4, 0.5) is 4.79 Å². The number of carbonyl (C=O) groups is 2. The van der Waals surface area contributed by atoms with E-state index in [1.165, 1.54) is 7.05 Å². The second kappa shape index (κ2) is 2.53. The maximum absolute atomic E-state index is 11.2. The molecular formula is C7H12N2O2. The molecule has 0 aromatic rings. The molecule has 4 heteroatoms. The molecule has 1 fully saturated rings. The Morgan fingerprint density at radius 3 is 2.09 bits per heavy atom. The highest BCUT2D eigenvalue weighted by molar-refractivity contribution is 6.01. The molecule has 0 spiro atoms. The number of likely N-dealkylation sites (N-methyl/N-ethyl adjacent to an activating group) is 1. The lowest BCUT2D eigenvalue weighted by Crippen LogP contribution is -2.34. The Bertz CT molecular complexity index is 201. The Labute approximate surface area is 65.8 Å². The summed E-state index contributed by atoms with van der Waals surface area (Å²) in [5.41, 5.74) is 0. The maximum atomic E-state index is 11.2. The summed E-state index contributed by atoms with van der Waals surface area (Å²) in [5.74, 6) is -0.122. The number of carbonyl (C=O) groups excluding carboxylic acids is 2. The molecule has 0 N–H and O–H groups in total. The minimum atomic E-state index is -0.190. The molecule has 0 atom stereocenters. The molecule has 1 aliphatic heterocycles. The van der Waals surface area contributed by atoms with Crippen LogP contribution in [0.25, 0.3) is 0 Å². The standard InChI is InChI=1S/C7H12N2O2/c1-5(2)9-4-6(10)8(3)7(9)11/h5H,4H2,1-3H3. The number of nitrogens with zero attached hydrogens (tertiary/aromatic N) is 2. The van der Waals surface area contributed by atoms with E-state index in [-0.39, 0.29) is 24.5 Å². The highest BCUT2D eigenvalue weighted by Gasteiger charge is 2.34. The van der Waals surface area contributed by atoms with Crippen LogP contribution in [0.15, 0.2) is 0 Å². The molecule has 1 saturated heterocycles. The molecular weight excluding hydrogens is 144 g/mol. The second-order valence-corrected chi connectivity index (χ2v) is 2.96. The summed E-state index contributed by atoms with van der Waals surface area (Å²) in [6.07, 6.45) is 0. The average molecular weight is 156 g/mol. The largest absolute Gasteiger partial charge is 0.327 e. The Morgan fingerprint density at radius 1 is 1.36 bits per heavy atom. The van der Waals surface area contributed by atoms with Crippen molar-refractivity contribution in [1.82, 2.24) is 9.80 Å². The predicted molar refractivity (Wildman–Crippen MR) is 40.0 cm³/mol. The number of hydrogen-bond acceptors (Lipinski definition) is 2. The summed E-state index contributed by atoms with van der Waals surface area (Å²) in [6, 6.07) is -0.0820. The topological polar surface area (TPSA) is 40.6 Å². The average Bonchev–Trinajstić information content (AvgIpc) is 2.17. The summed E-state index contributed by atoms with van der Waals surface area (Å²) in [4.78, 5) is 24.8. The first-order valence-electron chi connectivity index (χ1n) is 3.61. The van der Waals surface area contributed by atoms with Crippen molar-refractivity contribution < 1.29 is 9.59 Å². The third-order valence-corrected chi connectivity index (χ3v) is 1.84. The number of amides is 3. The van der Waals surface area contributed by atoms with E-state index >= 15 is 0 Å². The molecule has 0 aliphatic carbocycles. The smallest absolute Gasteiger partial charge is 0.313 e. The minimum Gasteiger partial charge on any atom is -0.313 e. The summed E-state index contributed by atoms with van der Waals surface area (Å²) < 4.78 is 0. The van der Waals surface area contributed by atoms with Crippen molar-refractivity contribution in [3.05, 3.63) is 0 Å². The van der Waals surface area contributed by atoms with Crippen molar-refractivity contribution in [2.24, 2.45) is 0 Å². The summed E-state index contributed by atoms with van der Waals surface area (Å²) in [6.45, 7) is 4.02. The molecule has 0 unspecified atom stereocenters. The summed E-state index contributed by atoms with van der Waals surface area (Å²) in [5, 5.41) is 0. The molecule has 1 aliphatic rings. The van der Waals surface area contributed by atoms with E-state index in [1.54, 1.807) is 4.90 Å². The zero-order chi connectivity index (χ0) is 8.59. The lowest BCUT2D eigenvalue weighted by molar-refractivity contribution is -0.124. The molecule has 11 heavy (non-hydrogen) atoms. The minimum absolute atomic E-state index is 0.108. The van der Waals surface area contributed by atoms with Gasteiger partial charge >= 0.3 is 6.03 Å². The Kier molecular flexibility index (Phi) is 1.85. The van der Waals surface area contributed by atoms with Crippen molar-refractivity contribution in [1.29, 1.82) is 0 Å². The van der Waals surface area contributed by atoms with E-state index in [0.29, 0.717) is 0 Å². The van der Waals surface area contributed by atoms with Crippen LogP contribution in [-0.2, 0) is 4.79 Å². The van der Waals surface area contributed by atoms with Gasteiger partial charge in [-0.2, -0.15) is 0 Å². The lowest BCUT2D eigenvalue weighted by atomic mass is 10.3. The first-order chi connectivity index (χ1) is 5.04. The molecule has 0 bridgehead atoms. The molecule has 0 saturated carbocycles. The molecule has 3 amide bonds. The Balaban J connectivity index is 2.75. The van der Waals surface area contributed by atoms with Gasteiger partial charge in [0.15, 0.2) is 0 Å². The molecule has 4 nitrogen and oxygen atoms in total. The van der Waals surface area contributed by atoms with Gasteiger partial charge in [0.1, 0.15) is 6.54 Å². The van der Waals surface area contributed by atoms with E-state index in [2.05, 4.69) is 0 Å². The molecule has 0 aromatic heterocycles. The van der Waals surface area contributed by atoms with Gasteiger partial charge in [0.05, 0.1) is 0 Å². The van der Waals surface area contributed by atoms with E-state index in [4.69, 9.17) is 0 Å². The highest BCUT2D eigenvalue weighted by Crippen LogP contribution is 2.10. The molecule has 1 rings (SSSR count). The SMILES string of the molecule is CC(C)N1CC(=O)N(C)C1=O. The molecule has 1 heterocycles. The summed E-state index contributed by atoms with van der Waals surface area (Å²) >= 11 is 0. The van der Waals surface area contributed by atoms with Crippen molar-refractivity contribution in [3.63, 3.8) is 0 Å². The number of urea groups is 1. The fourth-order valence-electron chi connectivity index (χ4n) is 1.02. The van der Waals surface area contributed by atoms with Crippen molar-refractivity contribution in [2.75, 3.05) is 13.6 Å². The van der Waals surface area contributed by atoms with Gasteiger partial charge in [0.25, 0.3) is 0 Å². The van der Waals surface area contributed by atoms with Gasteiger partial charge in [-0.05, 0) is 13.8 Å². The van der Waals surface area contributed by atoms with Crippen LogP contribution in [0.2, 0.25) is 0 Å². The summed E-state index contributed by atoms with van der Waals surface area (Å²) in [7, 11) is 1.51. The fourth-order valence-corrected chi connectivity index (χ4v) is 1.02. The van der Waals surface area contributed by atoms with Gasteiger partial charge in [-0.15, -0.1) is 0 Å². The quantitative estimate of drug-likeness (QED) is 0.512. The fraction of sp³-hybridized carbons (Fsp3) is 0.714. The third kappa shape index (κ3) is 1.20. The third-order valence-electron chi connectivity index (χ3n) is 1.84. The first kappa shape index (κ1) is 8.04. The second-order valence-electron chi connectivity index (χ2n) is 2.96. The zero-order valence-corrected chi connectivity index (χ0v) is 7.00. The monoisotopic (exact) mass is 156 g/mol. The lowest BCUT2D eigenvalue weighted by Gasteiger charge is -2.18. The van der Waals surface area contributed by atoms with Crippen LogP contribution < -0.4 is 0 Å². The van der Waals surface area contributed by atoms with Crippen LogP contribution >= 0.6 is 0 Å². The van der Waals surface area contributed by atoms with E-state index in [9.17, 15) is 9.59 Å². The van der Waals surface area contributed by atoms with E-state index in [1.807, 2.05) is 13.8 Å².